The number of benzene rings is 3. The molecule has 3 aromatic carbocycles. The summed E-state index contributed by atoms with van der Waals surface area (Å²) < 4.78 is 41.1. The molecule has 0 aliphatic carbocycles. The van der Waals surface area contributed by atoms with E-state index in [0.29, 0.717) is 84.1 Å². The van der Waals surface area contributed by atoms with Gasteiger partial charge in [0.15, 0.2) is 0 Å². The smallest absolute Gasteiger partial charge is 0.252 e. The summed E-state index contributed by atoms with van der Waals surface area (Å²) in [5.74, 6) is -0.638. The Hall–Kier alpha value is -6.91. The number of hydrogen-bond acceptors (Lipinski definition) is 15. The molecule has 1 saturated heterocycles. The van der Waals surface area contributed by atoms with Gasteiger partial charge in [0, 0.05) is 60.1 Å². The number of anilines is 3. The highest BCUT2D eigenvalue weighted by Crippen LogP contribution is 2.32. The summed E-state index contributed by atoms with van der Waals surface area (Å²) in [6.45, 7) is 12.3. The van der Waals surface area contributed by atoms with Crippen LogP contribution >= 0.6 is 0 Å². The third-order valence-corrected chi connectivity index (χ3v) is 12.7. The van der Waals surface area contributed by atoms with Gasteiger partial charge in [-0.1, -0.05) is 50.3 Å². The van der Waals surface area contributed by atoms with E-state index in [1.54, 1.807) is 19.2 Å². The lowest BCUT2D eigenvalue weighted by atomic mass is 10.0. The first-order valence-electron chi connectivity index (χ1n) is 26.3. The molecule has 1 unspecified atom stereocenters. The lowest BCUT2D eigenvalue weighted by Gasteiger charge is -2.34. The number of aromatic nitrogens is 2. The summed E-state index contributed by atoms with van der Waals surface area (Å²) in [7, 11) is 0. The fraction of sp³-hybridized carbons (Fsp3) is 0.456. The van der Waals surface area contributed by atoms with E-state index < -0.39 is 23.8 Å². The van der Waals surface area contributed by atoms with Crippen LogP contribution in [0.15, 0.2) is 103 Å². The first kappa shape index (κ1) is 59.3. The van der Waals surface area contributed by atoms with Crippen LogP contribution in [0.2, 0.25) is 0 Å². The molecule has 0 radical (unpaired) electrons. The molecule has 3 heterocycles. The minimum Gasteiger partial charge on any atom is -0.487 e. The Morgan fingerprint density at radius 2 is 1.51 bits per heavy atom. The molecule has 1 fully saturated rings. The lowest BCUT2D eigenvalue weighted by molar-refractivity contribution is -0.135. The van der Waals surface area contributed by atoms with E-state index in [4.69, 9.17) is 38.1 Å². The first-order valence-corrected chi connectivity index (χ1v) is 26.3. The second-order valence-corrected chi connectivity index (χ2v) is 18.7. The van der Waals surface area contributed by atoms with Crippen molar-refractivity contribution in [2.24, 2.45) is 5.92 Å². The maximum atomic E-state index is 13.2. The number of nitrogens with one attached hydrogen (secondary N) is 4. The SMILES string of the molecule is C/C=C\C(=O)N(C=O)CCOCCOCCOCCOCCC(=O)NC(C(=O)NCC(=O)Nc1ccc([N+]2(CCOc3ccc4cc3COC/C=C/COCc3cccc(c3)-c3ccnc(n3)N4)CCCC2)cc1)C(C)C. The van der Waals surface area contributed by atoms with Crippen molar-refractivity contribution in [1.29, 1.82) is 0 Å². The summed E-state index contributed by atoms with van der Waals surface area (Å²) in [6, 6.07) is 23.0. The van der Waals surface area contributed by atoms with Crippen LogP contribution in [0.3, 0.4) is 0 Å². The number of imide groups is 1. The van der Waals surface area contributed by atoms with Gasteiger partial charge in [-0.25, -0.2) is 9.97 Å². The van der Waals surface area contributed by atoms with Gasteiger partial charge in [-0.15, -0.1) is 0 Å². The van der Waals surface area contributed by atoms with Crippen molar-refractivity contribution in [3.63, 3.8) is 0 Å². The molecule has 0 spiro atoms. The molecule has 1 aromatic heterocycles. The van der Waals surface area contributed by atoms with Gasteiger partial charge in [0.05, 0.1) is 111 Å². The number of rotatable bonds is 28. The zero-order chi connectivity index (χ0) is 54.5. The second kappa shape index (κ2) is 32.6. The average molecular weight is 1060 g/mol. The zero-order valence-corrected chi connectivity index (χ0v) is 44.6. The molecule has 2 aliphatic heterocycles. The second-order valence-electron chi connectivity index (χ2n) is 18.7. The van der Waals surface area contributed by atoms with Gasteiger partial charge in [0.25, 0.3) is 5.91 Å². The Morgan fingerprint density at radius 3 is 2.21 bits per heavy atom. The molecule has 0 saturated carbocycles. The maximum absolute atomic E-state index is 13.2. The molecule has 4 aromatic rings. The van der Waals surface area contributed by atoms with Crippen molar-refractivity contribution < 1.29 is 57.1 Å². The summed E-state index contributed by atoms with van der Waals surface area (Å²) in [6.07, 6.45) is 11.2. The topological polar surface area (TPSA) is 227 Å². The van der Waals surface area contributed by atoms with Gasteiger partial charge in [-0.05, 0) is 66.9 Å². The minimum absolute atomic E-state index is 0.0397. The number of nitrogens with zero attached hydrogens (tertiary/aromatic N) is 4. The van der Waals surface area contributed by atoms with E-state index in [0.717, 1.165) is 81.4 Å². The number of amides is 5. The Balaban J connectivity index is 0.889. The van der Waals surface area contributed by atoms with Crippen molar-refractivity contribution in [2.45, 2.75) is 59.3 Å². The van der Waals surface area contributed by atoms with Crippen LogP contribution in [0, 0.1) is 5.92 Å². The van der Waals surface area contributed by atoms with Crippen molar-refractivity contribution in [3.05, 3.63) is 114 Å². The molecule has 1 atom stereocenters. The largest absolute Gasteiger partial charge is 0.487 e. The van der Waals surface area contributed by atoms with Crippen LogP contribution in [-0.2, 0) is 65.6 Å². The number of carbonyl (C=O) groups excluding carboxylic acids is 5. The van der Waals surface area contributed by atoms with Crippen molar-refractivity contribution in [3.8, 4) is 17.0 Å². The van der Waals surface area contributed by atoms with Gasteiger partial charge in [-0.3, -0.25) is 33.4 Å². The maximum Gasteiger partial charge on any atom is 0.252 e. The monoisotopic (exact) mass is 1060 g/mol. The van der Waals surface area contributed by atoms with Gasteiger partial charge in [-0.2, -0.15) is 0 Å². The molecule has 5 amide bonds. The number of likely N-dealkylation sites (tertiary alicyclic amines) is 1. The van der Waals surface area contributed by atoms with Crippen LogP contribution in [-0.4, -0.2) is 156 Å². The van der Waals surface area contributed by atoms with Gasteiger partial charge < -0.3 is 54.4 Å². The third-order valence-electron chi connectivity index (χ3n) is 12.7. The highest BCUT2D eigenvalue weighted by molar-refractivity contribution is 5.96. The van der Waals surface area contributed by atoms with Crippen molar-refractivity contribution in [1.82, 2.24) is 30.0 Å². The Kier molecular flexibility index (Phi) is 25.1. The molecule has 77 heavy (non-hydrogen) atoms. The fourth-order valence-corrected chi connectivity index (χ4v) is 8.61. The molecule has 20 nitrogen and oxygen atoms in total. The van der Waals surface area contributed by atoms with Gasteiger partial charge >= 0.3 is 0 Å². The summed E-state index contributed by atoms with van der Waals surface area (Å²) in [4.78, 5) is 72.0. The predicted molar refractivity (Wildman–Crippen MR) is 292 cm³/mol. The van der Waals surface area contributed by atoms with E-state index in [1.807, 2.05) is 92.7 Å². The van der Waals surface area contributed by atoms with E-state index in [-0.39, 0.29) is 51.2 Å². The van der Waals surface area contributed by atoms with E-state index in [2.05, 4.69) is 32.3 Å². The minimum atomic E-state index is -0.846. The van der Waals surface area contributed by atoms with Gasteiger partial charge in [0.2, 0.25) is 30.1 Å². The lowest BCUT2D eigenvalue weighted by Crippen LogP contribution is -2.51. The molecule has 6 rings (SSSR count). The van der Waals surface area contributed by atoms with Crippen LogP contribution in [0.5, 0.6) is 5.75 Å². The third kappa shape index (κ3) is 20.2. The van der Waals surface area contributed by atoms with E-state index in [1.165, 1.54) is 6.08 Å². The van der Waals surface area contributed by atoms with E-state index >= 15 is 0 Å². The highest BCUT2D eigenvalue weighted by Gasteiger charge is 2.34. The number of fused-ring (bicyclic) bond motifs is 7. The van der Waals surface area contributed by atoms with Crippen LogP contribution < -0.4 is 30.5 Å². The Bertz CT molecular complexity index is 2550. The molecular formula is C57H75N8O12+. The fourth-order valence-electron chi connectivity index (χ4n) is 8.61. The van der Waals surface area contributed by atoms with Gasteiger partial charge in [0.1, 0.15) is 30.6 Å². The quantitative estimate of drug-likeness (QED) is 0.0171. The number of ether oxygens (including phenoxy) is 7. The summed E-state index contributed by atoms with van der Waals surface area (Å²) in [5.41, 5.74) is 6.26. The summed E-state index contributed by atoms with van der Waals surface area (Å²) in [5, 5.41) is 11.7. The van der Waals surface area contributed by atoms with E-state index in [9.17, 15) is 24.0 Å². The molecule has 6 bridgehead atoms. The van der Waals surface area contributed by atoms with Crippen LogP contribution in [0.25, 0.3) is 11.3 Å². The molecular weight excluding hydrogens is 989 g/mol. The number of quaternary nitrogens is 1. The molecule has 4 N–H and O–H groups in total. The normalized spacial score (nSPS) is 15.1. The van der Waals surface area contributed by atoms with Crippen molar-refractivity contribution in [2.75, 3.05) is 116 Å². The number of allylic oxidation sites excluding steroid dienone is 1. The Morgan fingerprint density at radius 1 is 0.805 bits per heavy atom. The predicted octanol–water partition coefficient (Wildman–Crippen LogP) is 5.88. The number of hydrogen-bond donors (Lipinski definition) is 4. The standard InChI is InChI=1S/C57H74N8O12/c1-4-10-54(69)64(42-66)22-29-72-32-34-74-36-35-73-33-31-71-28-20-52(67)63-55(43(2)3)56(70)59-39-53(68)60-47-13-16-49(17-14-47)65(23-5-6-24-65)25-30-77-51-18-15-48-38-46(51)41-76-27-8-7-26-75-40-44-11-9-12-45(37-44)50-19-21-58-57(61-48)62-50/h4,7-19,21,37-38,42-43,55H,5-6,20,22-36,39-41H2,1-3H3,(H3-,58,59,60,61,62,63,67,68,70)/p+1/b8-7+,10-4-. The van der Waals surface area contributed by atoms with Crippen molar-refractivity contribution >= 4 is 53.0 Å². The molecule has 414 valence electrons. The average Bonchev–Trinajstić information content (AvgIpc) is 3.92. The zero-order valence-electron chi connectivity index (χ0n) is 44.6. The van der Waals surface area contributed by atoms with Crippen LogP contribution in [0.4, 0.5) is 23.0 Å². The Labute approximate surface area is 451 Å². The summed E-state index contributed by atoms with van der Waals surface area (Å²) >= 11 is 0. The molecule has 20 heteroatoms. The first-order chi connectivity index (χ1) is 37.6. The molecule has 2 aliphatic rings. The highest BCUT2D eigenvalue weighted by atomic mass is 16.6. The number of carbonyl (C=O) groups is 5. The van der Waals surface area contributed by atoms with Crippen LogP contribution in [0.1, 0.15) is 51.2 Å².